The molecule has 1 aliphatic rings. The van der Waals surface area contributed by atoms with Gasteiger partial charge in [0.2, 0.25) is 0 Å². The maximum Gasteiger partial charge on any atom is 0.301 e. The normalized spacial score (nSPS) is 20.9. The highest BCUT2D eigenvalue weighted by atomic mass is 35.5. The van der Waals surface area contributed by atoms with Crippen LogP contribution in [0.25, 0.3) is 0 Å². The van der Waals surface area contributed by atoms with Crippen molar-refractivity contribution in [3.05, 3.63) is 28.8 Å². The van der Waals surface area contributed by atoms with Crippen LogP contribution in [0.2, 0.25) is 5.02 Å². The van der Waals surface area contributed by atoms with E-state index in [0.717, 1.165) is 18.4 Å². The van der Waals surface area contributed by atoms with Gasteiger partial charge in [0, 0.05) is 18.1 Å². The lowest BCUT2D eigenvalue weighted by Gasteiger charge is -2.31. The molecule has 1 aromatic carbocycles. The van der Waals surface area contributed by atoms with E-state index >= 15 is 0 Å². The van der Waals surface area contributed by atoms with Gasteiger partial charge in [0.1, 0.15) is 0 Å². The van der Waals surface area contributed by atoms with Crippen molar-refractivity contribution in [1.82, 2.24) is 4.31 Å². The first-order chi connectivity index (χ1) is 9.42. The molecule has 1 fully saturated rings. The van der Waals surface area contributed by atoms with Gasteiger partial charge in [0.25, 0.3) is 0 Å². The van der Waals surface area contributed by atoms with Crippen molar-refractivity contribution in [3.8, 4) is 0 Å². The van der Waals surface area contributed by atoms with E-state index < -0.39 is 10.2 Å². The lowest BCUT2D eigenvalue weighted by molar-refractivity contribution is 0.273. The van der Waals surface area contributed by atoms with Gasteiger partial charge in [-0.1, -0.05) is 17.7 Å². The van der Waals surface area contributed by atoms with Gasteiger partial charge in [-0.25, -0.2) is 0 Å². The number of piperidine rings is 1. The van der Waals surface area contributed by atoms with Crippen molar-refractivity contribution < 1.29 is 8.42 Å². The number of halogens is 1. The number of hydrogen-bond donors (Lipinski definition) is 2. The molecule has 0 radical (unpaired) electrons. The first-order valence-corrected chi connectivity index (χ1v) is 8.48. The van der Waals surface area contributed by atoms with Crippen molar-refractivity contribution in [1.29, 1.82) is 0 Å². The van der Waals surface area contributed by atoms with Gasteiger partial charge < -0.3 is 5.73 Å². The minimum absolute atomic E-state index is 0.238. The Kier molecular flexibility index (Phi) is 4.90. The second kappa shape index (κ2) is 6.30. The molecule has 0 amide bonds. The quantitative estimate of drug-likeness (QED) is 0.891. The third kappa shape index (κ3) is 3.63. The molecule has 1 atom stereocenters. The average molecular weight is 318 g/mol. The van der Waals surface area contributed by atoms with Gasteiger partial charge in [-0.2, -0.15) is 12.7 Å². The molecule has 0 aromatic heterocycles. The number of hydrogen-bond acceptors (Lipinski definition) is 3. The van der Waals surface area contributed by atoms with Gasteiger partial charge in [-0.3, -0.25) is 4.72 Å². The summed E-state index contributed by atoms with van der Waals surface area (Å²) in [5.74, 6) is 0.238. The third-order valence-electron chi connectivity index (χ3n) is 3.57. The Morgan fingerprint density at radius 1 is 1.50 bits per heavy atom. The van der Waals surface area contributed by atoms with Crippen molar-refractivity contribution in [2.24, 2.45) is 11.7 Å². The van der Waals surface area contributed by atoms with Gasteiger partial charge in [-0.15, -0.1) is 0 Å². The fourth-order valence-corrected chi connectivity index (χ4v) is 3.82. The maximum atomic E-state index is 12.3. The fourth-order valence-electron chi connectivity index (χ4n) is 2.31. The molecule has 1 aromatic rings. The monoisotopic (exact) mass is 317 g/mol. The standard InChI is InChI=1S/C13H20ClN3O2S/c1-10-4-5-12(7-13(10)14)16-20(18,19)17-6-2-3-11(8-15)9-17/h4-5,7,11,16H,2-3,6,8-9,15H2,1H3. The van der Waals surface area contributed by atoms with Crippen LogP contribution in [0.3, 0.4) is 0 Å². The number of nitrogens with zero attached hydrogens (tertiary/aromatic N) is 1. The predicted molar refractivity (Wildman–Crippen MR) is 82.1 cm³/mol. The highest BCUT2D eigenvalue weighted by molar-refractivity contribution is 7.90. The largest absolute Gasteiger partial charge is 0.330 e. The van der Waals surface area contributed by atoms with E-state index in [1.807, 2.05) is 6.92 Å². The second-order valence-electron chi connectivity index (χ2n) is 5.17. The van der Waals surface area contributed by atoms with Crippen molar-refractivity contribution in [3.63, 3.8) is 0 Å². The number of benzene rings is 1. The van der Waals surface area contributed by atoms with Crippen LogP contribution in [-0.2, 0) is 10.2 Å². The van der Waals surface area contributed by atoms with Crippen LogP contribution in [0.4, 0.5) is 5.69 Å². The highest BCUT2D eigenvalue weighted by Crippen LogP contribution is 2.23. The van der Waals surface area contributed by atoms with Crippen LogP contribution >= 0.6 is 11.6 Å². The number of rotatable bonds is 4. The van der Waals surface area contributed by atoms with E-state index in [2.05, 4.69) is 4.72 Å². The molecule has 1 aliphatic heterocycles. The van der Waals surface area contributed by atoms with Gasteiger partial charge in [0.05, 0.1) is 5.69 Å². The minimum Gasteiger partial charge on any atom is -0.330 e. The zero-order valence-electron chi connectivity index (χ0n) is 11.5. The molecule has 1 unspecified atom stereocenters. The Balaban J connectivity index is 2.12. The molecule has 0 bridgehead atoms. The molecular weight excluding hydrogens is 298 g/mol. The highest BCUT2D eigenvalue weighted by Gasteiger charge is 2.28. The average Bonchev–Trinajstić information content (AvgIpc) is 2.43. The summed E-state index contributed by atoms with van der Waals surface area (Å²) in [5.41, 5.74) is 7.03. The molecule has 0 spiro atoms. The molecule has 0 saturated carbocycles. The topological polar surface area (TPSA) is 75.4 Å². The molecule has 5 nitrogen and oxygen atoms in total. The van der Waals surface area contributed by atoms with Crippen molar-refractivity contribution in [2.45, 2.75) is 19.8 Å². The van der Waals surface area contributed by atoms with E-state index in [0.29, 0.717) is 30.3 Å². The zero-order chi connectivity index (χ0) is 14.8. The summed E-state index contributed by atoms with van der Waals surface area (Å²) in [7, 11) is -3.54. The van der Waals surface area contributed by atoms with E-state index in [9.17, 15) is 8.42 Å². The fraction of sp³-hybridized carbons (Fsp3) is 0.538. The number of nitrogens with one attached hydrogen (secondary N) is 1. The Bertz CT molecular complexity index is 577. The summed E-state index contributed by atoms with van der Waals surface area (Å²) in [4.78, 5) is 0. The van der Waals surface area contributed by atoms with E-state index in [1.165, 1.54) is 4.31 Å². The van der Waals surface area contributed by atoms with Gasteiger partial charge in [-0.05, 0) is 49.9 Å². The Morgan fingerprint density at radius 2 is 2.25 bits per heavy atom. The molecule has 1 heterocycles. The number of nitrogens with two attached hydrogens (primary N) is 1. The first kappa shape index (κ1) is 15.6. The molecule has 7 heteroatoms. The van der Waals surface area contributed by atoms with Crippen LogP contribution in [0.5, 0.6) is 0 Å². The predicted octanol–water partition coefficient (Wildman–Crippen LogP) is 1.98. The maximum absolute atomic E-state index is 12.3. The van der Waals surface area contributed by atoms with Crippen molar-refractivity contribution >= 4 is 27.5 Å². The Morgan fingerprint density at radius 3 is 2.90 bits per heavy atom. The molecule has 0 aliphatic carbocycles. The summed E-state index contributed by atoms with van der Waals surface area (Å²) in [6.07, 6.45) is 1.83. The van der Waals surface area contributed by atoms with Crippen LogP contribution in [-0.4, -0.2) is 32.4 Å². The van der Waals surface area contributed by atoms with Gasteiger partial charge in [0.15, 0.2) is 0 Å². The molecular formula is C13H20ClN3O2S. The smallest absolute Gasteiger partial charge is 0.301 e. The first-order valence-electron chi connectivity index (χ1n) is 6.66. The summed E-state index contributed by atoms with van der Waals surface area (Å²) in [5, 5.41) is 0.545. The lowest BCUT2D eigenvalue weighted by Crippen LogP contribution is -2.44. The van der Waals surface area contributed by atoms with Crippen LogP contribution in [0, 0.1) is 12.8 Å². The van der Waals surface area contributed by atoms with E-state index in [-0.39, 0.29) is 5.92 Å². The van der Waals surface area contributed by atoms with Crippen LogP contribution in [0.1, 0.15) is 18.4 Å². The Hall–Kier alpha value is -0.820. The van der Waals surface area contributed by atoms with Crippen LogP contribution < -0.4 is 10.5 Å². The molecule has 1 saturated heterocycles. The summed E-state index contributed by atoms with van der Waals surface area (Å²) < 4.78 is 28.7. The van der Waals surface area contributed by atoms with E-state index in [1.54, 1.807) is 18.2 Å². The second-order valence-corrected chi connectivity index (χ2v) is 7.25. The minimum atomic E-state index is -3.54. The SMILES string of the molecule is Cc1ccc(NS(=O)(=O)N2CCCC(CN)C2)cc1Cl. The number of anilines is 1. The summed E-state index contributed by atoms with van der Waals surface area (Å²) in [6.45, 7) is 3.40. The molecule has 20 heavy (non-hydrogen) atoms. The third-order valence-corrected chi connectivity index (χ3v) is 5.49. The van der Waals surface area contributed by atoms with Crippen LogP contribution in [0.15, 0.2) is 18.2 Å². The lowest BCUT2D eigenvalue weighted by atomic mass is 10.0. The summed E-state index contributed by atoms with van der Waals surface area (Å²) in [6, 6.07) is 5.13. The molecule has 3 N–H and O–H groups in total. The number of aryl methyl sites for hydroxylation is 1. The zero-order valence-corrected chi connectivity index (χ0v) is 13.0. The van der Waals surface area contributed by atoms with Gasteiger partial charge >= 0.3 is 10.2 Å². The summed E-state index contributed by atoms with van der Waals surface area (Å²) >= 11 is 6.01. The van der Waals surface area contributed by atoms with E-state index in [4.69, 9.17) is 17.3 Å². The molecule has 112 valence electrons. The molecule has 2 rings (SSSR count). The van der Waals surface area contributed by atoms with Crippen molar-refractivity contribution in [2.75, 3.05) is 24.4 Å². The Labute approximate surface area is 125 Å².